The molecule has 3 heterocycles. The molecule has 0 spiro atoms. The highest BCUT2D eigenvalue weighted by Gasteiger charge is 2.30. The second-order valence-corrected chi connectivity index (χ2v) is 9.35. The van der Waals surface area contributed by atoms with E-state index in [2.05, 4.69) is 23.5 Å². The van der Waals surface area contributed by atoms with E-state index in [9.17, 15) is 9.59 Å². The van der Waals surface area contributed by atoms with E-state index in [-0.39, 0.29) is 17.7 Å². The highest BCUT2D eigenvalue weighted by Crippen LogP contribution is 2.33. The second-order valence-electron chi connectivity index (χ2n) is 8.28. The van der Waals surface area contributed by atoms with Crippen LogP contribution in [0.15, 0.2) is 48.5 Å². The van der Waals surface area contributed by atoms with Crippen molar-refractivity contribution in [3.8, 4) is 0 Å². The summed E-state index contributed by atoms with van der Waals surface area (Å²) in [5.74, 6) is 0.374. The number of anilines is 1. The zero-order valence-electron chi connectivity index (χ0n) is 16.8. The van der Waals surface area contributed by atoms with Crippen LogP contribution in [-0.2, 0) is 16.0 Å². The fourth-order valence-corrected chi connectivity index (χ4v) is 5.67. The Balaban J connectivity index is 1.20. The molecule has 3 aromatic rings. The first-order valence-corrected chi connectivity index (χ1v) is 11.5. The predicted molar refractivity (Wildman–Crippen MR) is 120 cm³/mol. The van der Waals surface area contributed by atoms with Gasteiger partial charge in [0, 0.05) is 37.0 Å². The quantitative estimate of drug-likeness (QED) is 0.673. The number of piperidine rings is 1. The number of amides is 2. The summed E-state index contributed by atoms with van der Waals surface area (Å²) in [5.41, 5.74) is 3.10. The molecule has 2 atom stereocenters. The van der Waals surface area contributed by atoms with Gasteiger partial charge in [0.15, 0.2) is 0 Å². The summed E-state index contributed by atoms with van der Waals surface area (Å²) < 4.78 is 1.21. The Morgan fingerprint density at radius 1 is 1.17 bits per heavy atom. The molecule has 2 aromatic carbocycles. The SMILES string of the molecule is O=C1Nc2ccccc2CC1CCC(=O)N1CCCC(c2nc3ccccc3s2)C1. The van der Waals surface area contributed by atoms with Gasteiger partial charge < -0.3 is 10.2 Å². The van der Waals surface area contributed by atoms with Gasteiger partial charge in [-0.1, -0.05) is 30.3 Å². The average Bonchev–Trinajstić information content (AvgIpc) is 3.22. The first-order chi connectivity index (χ1) is 14.7. The lowest BCUT2D eigenvalue weighted by molar-refractivity contribution is -0.133. The highest BCUT2D eigenvalue weighted by molar-refractivity contribution is 7.18. The van der Waals surface area contributed by atoms with Crippen LogP contribution in [0.25, 0.3) is 10.2 Å². The number of carbonyl (C=O) groups is 2. The molecule has 1 aromatic heterocycles. The molecular weight excluding hydrogens is 394 g/mol. The van der Waals surface area contributed by atoms with E-state index in [0.29, 0.717) is 25.2 Å². The molecule has 5 nitrogen and oxygen atoms in total. The summed E-state index contributed by atoms with van der Waals surface area (Å²) in [7, 11) is 0. The standard InChI is InChI=1S/C24H25N3O2S/c28-22(12-11-17-14-16-6-1-2-8-19(16)25-23(17)29)27-13-5-7-18(15-27)24-26-20-9-3-4-10-21(20)30-24/h1-4,6,8-10,17-18H,5,7,11-15H2,(H,25,29). The zero-order chi connectivity index (χ0) is 20.5. The Hall–Kier alpha value is -2.73. The number of hydrogen-bond acceptors (Lipinski definition) is 4. The van der Waals surface area contributed by atoms with Gasteiger partial charge in [-0.25, -0.2) is 4.98 Å². The van der Waals surface area contributed by atoms with E-state index in [4.69, 9.17) is 4.98 Å². The summed E-state index contributed by atoms with van der Waals surface area (Å²) in [5, 5.41) is 4.12. The Labute approximate surface area is 180 Å². The molecule has 1 saturated heterocycles. The molecule has 30 heavy (non-hydrogen) atoms. The van der Waals surface area contributed by atoms with Crippen molar-refractivity contribution < 1.29 is 9.59 Å². The molecule has 0 bridgehead atoms. The normalized spacial score (nSPS) is 21.3. The van der Waals surface area contributed by atoms with E-state index in [1.807, 2.05) is 35.2 Å². The Morgan fingerprint density at radius 2 is 2.00 bits per heavy atom. The van der Waals surface area contributed by atoms with Gasteiger partial charge in [0.1, 0.15) is 0 Å². The van der Waals surface area contributed by atoms with Crippen LogP contribution in [0.4, 0.5) is 5.69 Å². The molecule has 2 amide bonds. The van der Waals surface area contributed by atoms with Crippen molar-refractivity contribution in [1.29, 1.82) is 0 Å². The van der Waals surface area contributed by atoms with Crippen molar-refractivity contribution in [2.75, 3.05) is 18.4 Å². The molecule has 0 radical (unpaired) electrons. The summed E-state index contributed by atoms with van der Waals surface area (Å²) in [6.07, 6.45) is 3.81. The number of carbonyl (C=O) groups excluding carboxylic acids is 2. The minimum absolute atomic E-state index is 0.0347. The summed E-state index contributed by atoms with van der Waals surface area (Å²) in [6, 6.07) is 16.1. The van der Waals surface area contributed by atoms with Crippen LogP contribution in [-0.4, -0.2) is 34.8 Å². The number of fused-ring (bicyclic) bond motifs is 2. The highest BCUT2D eigenvalue weighted by atomic mass is 32.1. The van der Waals surface area contributed by atoms with Gasteiger partial charge in [0.2, 0.25) is 11.8 Å². The third kappa shape index (κ3) is 3.84. The third-order valence-electron chi connectivity index (χ3n) is 6.25. The monoisotopic (exact) mass is 419 g/mol. The Kier molecular flexibility index (Phi) is 5.25. The minimum Gasteiger partial charge on any atom is -0.342 e. The van der Waals surface area contributed by atoms with E-state index in [1.54, 1.807) is 11.3 Å². The molecular formula is C24H25N3O2S. The number of nitrogens with one attached hydrogen (secondary N) is 1. The molecule has 1 N–H and O–H groups in total. The minimum atomic E-state index is -0.131. The van der Waals surface area contributed by atoms with Gasteiger partial charge in [-0.2, -0.15) is 0 Å². The summed E-state index contributed by atoms with van der Waals surface area (Å²) in [4.78, 5) is 32.1. The zero-order valence-corrected chi connectivity index (χ0v) is 17.7. The van der Waals surface area contributed by atoms with Crippen LogP contribution in [0.3, 0.4) is 0 Å². The first-order valence-electron chi connectivity index (χ1n) is 10.7. The van der Waals surface area contributed by atoms with Gasteiger partial charge >= 0.3 is 0 Å². The second kappa shape index (κ2) is 8.19. The number of nitrogens with zero attached hydrogens (tertiary/aromatic N) is 2. The number of aromatic nitrogens is 1. The average molecular weight is 420 g/mol. The lowest BCUT2D eigenvalue weighted by Crippen LogP contribution is -2.39. The largest absolute Gasteiger partial charge is 0.342 e. The molecule has 5 rings (SSSR count). The maximum absolute atomic E-state index is 12.9. The van der Waals surface area contributed by atoms with E-state index in [0.717, 1.165) is 47.7 Å². The van der Waals surface area contributed by atoms with Crippen molar-refractivity contribution in [3.63, 3.8) is 0 Å². The van der Waals surface area contributed by atoms with Gasteiger partial charge in [-0.15, -0.1) is 11.3 Å². The Morgan fingerprint density at radius 3 is 2.90 bits per heavy atom. The van der Waals surface area contributed by atoms with Crippen LogP contribution < -0.4 is 5.32 Å². The number of rotatable bonds is 4. The van der Waals surface area contributed by atoms with Crippen molar-refractivity contribution in [1.82, 2.24) is 9.88 Å². The predicted octanol–water partition coefficient (Wildman–Crippen LogP) is 4.59. The smallest absolute Gasteiger partial charge is 0.227 e. The van der Waals surface area contributed by atoms with Crippen LogP contribution in [0.2, 0.25) is 0 Å². The summed E-state index contributed by atoms with van der Waals surface area (Å²) in [6.45, 7) is 1.54. The van der Waals surface area contributed by atoms with Crippen molar-refractivity contribution in [2.24, 2.45) is 5.92 Å². The maximum atomic E-state index is 12.9. The number of hydrogen-bond donors (Lipinski definition) is 1. The topological polar surface area (TPSA) is 62.3 Å². The molecule has 2 aliphatic heterocycles. The third-order valence-corrected chi connectivity index (χ3v) is 7.45. The maximum Gasteiger partial charge on any atom is 0.227 e. The fraction of sp³-hybridized carbons (Fsp3) is 0.375. The fourth-order valence-electron chi connectivity index (χ4n) is 4.57. The van der Waals surface area contributed by atoms with Crippen molar-refractivity contribution >= 4 is 39.1 Å². The molecule has 0 aliphatic carbocycles. The number of para-hydroxylation sites is 2. The van der Waals surface area contributed by atoms with Crippen molar-refractivity contribution in [3.05, 3.63) is 59.1 Å². The summed E-state index contributed by atoms with van der Waals surface area (Å²) >= 11 is 1.75. The van der Waals surface area contributed by atoms with Gasteiger partial charge in [0.05, 0.1) is 15.2 Å². The van der Waals surface area contributed by atoms with Gasteiger partial charge in [-0.3, -0.25) is 9.59 Å². The lowest BCUT2D eigenvalue weighted by Gasteiger charge is -2.32. The molecule has 154 valence electrons. The van der Waals surface area contributed by atoms with Crippen LogP contribution in [0.1, 0.15) is 42.2 Å². The molecule has 2 unspecified atom stereocenters. The molecule has 0 saturated carbocycles. The lowest BCUT2D eigenvalue weighted by atomic mass is 9.89. The number of benzene rings is 2. The van der Waals surface area contributed by atoms with Crippen LogP contribution in [0, 0.1) is 5.92 Å². The number of likely N-dealkylation sites (tertiary alicyclic amines) is 1. The van der Waals surface area contributed by atoms with Gasteiger partial charge in [0.25, 0.3) is 0 Å². The van der Waals surface area contributed by atoms with Crippen LogP contribution in [0.5, 0.6) is 0 Å². The Bertz CT molecular complexity index is 1060. The van der Waals surface area contributed by atoms with Crippen molar-refractivity contribution in [2.45, 2.75) is 38.0 Å². The van der Waals surface area contributed by atoms with E-state index < -0.39 is 0 Å². The van der Waals surface area contributed by atoms with Crippen LogP contribution >= 0.6 is 11.3 Å². The van der Waals surface area contributed by atoms with Gasteiger partial charge in [-0.05, 0) is 49.4 Å². The van der Waals surface area contributed by atoms with E-state index >= 15 is 0 Å². The van der Waals surface area contributed by atoms with E-state index in [1.165, 1.54) is 4.70 Å². The number of thiazole rings is 1. The molecule has 2 aliphatic rings. The molecule has 1 fully saturated rings. The first kappa shape index (κ1) is 19.2. The molecule has 6 heteroatoms.